The van der Waals surface area contributed by atoms with Crippen molar-refractivity contribution in [2.75, 3.05) is 5.94 Å². The summed E-state index contributed by atoms with van der Waals surface area (Å²) < 4.78 is 8.09. The van der Waals surface area contributed by atoms with Gasteiger partial charge in [-0.1, -0.05) is 59.2 Å². The summed E-state index contributed by atoms with van der Waals surface area (Å²) in [5, 5.41) is 1.22. The average molecular weight is 379 g/mol. The average Bonchev–Trinajstić information content (AvgIpc) is 3.08. The zero-order valence-corrected chi connectivity index (χ0v) is 15.1. The van der Waals surface area contributed by atoms with Crippen LogP contribution in [0.3, 0.4) is 0 Å². The van der Waals surface area contributed by atoms with E-state index in [0.717, 1.165) is 5.56 Å². The van der Waals surface area contributed by atoms with Crippen LogP contribution in [0.15, 0.2) is 72.1 Å². The summed E-state index contributed by atoms with van der Waals surface area (Å²) in [6, 6.07) is 15.6. The molecular formula is C18H16Cl2N2OS. The Labute approximate surface area is 155 Å². The molecule has 0 amide bonds. The highest BCUT2D eigenvalue weighted by molar-refractivity contribution is 7.99. The Balaban J connectivity index is 1.72. The normalized spacial score (nSPS) is 12.2. The van der Waals surface area contributed by atoms with Crippen LogP contribution in [0.4, 0.5) is 0 Å². The summed E-state index contributed by atoms with van der Waals surface area (Å²) in [6.07, 6.45) is 5.24. The maximum absolute atomic E-state index is 6.36. The molecule has 3 aromatic rings. The first-order valence-corrected chi connectivity index (χ1v) is 9.16. The number of thioether (sulfide) groups is 1. The van der Waals surface area contributed by atoms with E-state index in [0.29, 0.717) is 22.5 Å². The summed E-state index contributed by atoms with van der Waals surface area (Å²) in [4.78, 5) is 5.25. The SMILES string of the molecule is Clc1ccc(C(Cn2ccnc2)OCSc2ccccc2)c(Cl)c1. The van der Waals surface area contributed by atoms with Crippen LogP contribution in [-0.4, -0.2) is 15.5 Å². The smallest absolute Gasteiger partial charge is 0.103 e. The second kappa shape index (κ2) is 8.58. The number of halogens is 2. The van der Waals surface area contributed by atoms with Crippen molar-refractivity contribution < 1.29 is 4.74 Å². The maximum atomic E-state index is 6.36. The first kappa shape index (κ1) is 17.4. The molecule has 0 aliphatic carbocycles. The highest BCUT2D eigenvalue weighted by Gasteiger charge is 2.17. The molecule has 6 heteroatoms. The Kier molecular flexibility index (Phi) is 6.21. The molecule has 0 saturated heterocycles. The predicted molar refractivity (Wildman–Crippen MR) is 99.7 cm³/mol. The lowest BCUT2D eigenvalue weighted by Gasteiger charge is -2.20. The second-order valence-corrected chi connectivity index (χ2v) is 7.00. The lowest BCUT2D eigenvalue weighted by Crippen LogP contribution is -2.12. The van der Waals surface area contributed by atoms with E-state index in [1.54, 1.807) is 30.4 Å². The number of hydrogen-bond donors (Lipinski definition) is 0. The summed E-state index contributed by atoms with van der Waals surface area (Å²) in [5.74, 6) is 0.530. The zero-order chi connectivity index (χ0) is 16.8. The molecule has 0 spiro atoms. The molecule has 24 heavy (non-hydrogen) atoms. The fourth-order valence-electron chi connectivity index (χ4n) is 2.29. The minimum Gasteiger partial charge on any atom is -0.361 e. The summed E-state index contributed by atoms with van der Waals surface area (Å²) >= 11 is 14.0. The van der Waals surface area contributed by atoms with E-state index >= 15 is 0 Å². The van der Waals surface area contributed by atoms with E-state index in [1.165, 1.54) is 4.90 Å². The van der Waals surface area contributed by atoms with Crippen LogP contribution in [0.5, 0.6) is 0 Å². The van der Waals surface area contributed by atoms with Gasteiger partial charge in [-0.15, -0.1) is 0 Å². The third kappa shape index (κ3) is 4.77. The molecule has 1 aromatic heterocycles. The summed E-state index contributed by atoms with van der Waals surface area (Å²) in [5.41, 5.74) is 0.920. The Hall–Kier alpha value is -1.46. The zero-order valence-electron chi connectivity index (χ0n) is 12.8. The van der Waals surface area contributed by atoms with Gasteiger partial charge in [-0.3, -0.25) is 0 Å². The van der Waals surface area contributed by atoms with Crippen molar-refractivity contribution in [3.05, 3.63) is 82.9 Å². The van der Waals surface area contributed by atoms with Crippen LogP contribution in [0.1, 0.15) is 11.7 Å². The van der Waals surface area contributed by atoms with Crippen LogP contribution in [0.25, 0.3) is 0 Å². The number of imidazole rings is 1. The highest BCUT2D eigenvalue weighted by Crippen LogP contribution is 2.31. The first-order valence-electron chi connectivity index (χ1n) is 7.42. The fourth-order valence-corrected chi connectivity index (χ4v) is 3.54. The van der Waals surface area contributed by atoms with Gasteiger partial charge < -0.3 is 9.30 Å². The van der Waals surface area contributed by atoms with Gasteiger partial charge in [0.25, 0.3) is 0 Å². The van der Waals surface area contributed by atoms with Crippen LogP contribution in [-0.2, 0) is 11.3 Å². The minimum absolute atomic E-state index is 0.180. The van der Waals surface area contributed by atoms with Crippen molar-refractivity contribution >= 4 is 35.0 Å². The van der Waals surface area contributed by atoms with E-state index in [1.807, 2.05) is 41.1 Å². The van der Waals surface area contributed by atoms with Gasteiger partial charge in [-0.05, 0) is 24.3 Å². The minimum atomic E-state index is -0.180. The van der Waals surface area contributed by atoms with Crippen LogP contribution in [0, 0.1) is 0 Å². The number of nitrogens with zero attached hydrogens (tertiary/aromatic N) is 2. The highest BCUT2D eigenvalue weighted by atomic mass is 35.5. The van der Waals surface area contributed by atoms with E-state index in [-0.39, 0.29) is 6.10 Å². The fraction of sp³-hybridized carbons (Fsp3) is 0.167. The lowest BCUT2D eigenvalue weighted by molar-refractivity contribution is 0.0759. The maximum Gasteiger partial charge on any atom is 0.103 e. The van der Waals surface area contributed by atoms with Gasteiger partial charge >= 0.3 is 0 Å². The van der Waals surface area contributed by atoms with Gasteiger partial charge in [0.15, 0.2) is 0 Å². The Bertz CT molecular complexity index is 766. The van der Waals surface area contributed by atoms with Gasteiger partial charge in [0, 0.05) is 32.9 Å². The third-order valence-electron chi connectivity index (χ3n) is 3.48. The van der Waals surface area contributed by atoms with Crippen molar-refractivity contribution in [1.82, 2.24) is 9.55 Å². The lowest BCUT2D eigenvalue weighted by atomic mass is 10.1. The van der Waals surface area contributed by atoms with Crippen molar-refractivity contribution in [3.8, 4) is 0 Å². The molecule has 0 bridgehead atoms. The predicted octanol–water partition coefficient (Wildman–Crippen LogP) is 5.70. The standard InChI is InChI=1S/C18H16Cl2N2OS/c19-14-6-7-16(17(20)10-14)18(11-22-9-8-21-12-22)23-13-24-15-4-2-1-3-5-15/h1-10,12,18H,11,13H2. The quantitative estimate of drug-likeness (QED) is 0.389. The van der Waals surface area contributed by atoms with Crippen molar-refractivity contribution in [2.45, 2.75) is 17.5 Å². The molecule has 1 unspecified atom stereocenters. The number of hydrogen-bond acceptors (Lipinski definition) is 3. The van der Waals surface area contributed by atoms with Crippen LogP contribution < -0.4 is 0 Å². The molecular weight excluding hydrogens is 363 g/mol. The molecule has 0 fully saturated rings. The number of ether oxygens (including phenoxy) is 1. The van der Waals surface area contributed by atoms with E-state index in [9.17, 15) is 0 Å². The third-order valence-corrected chi connectivity index (χ3v) is 4.91. The topological polar surface area (TPSA) is 27.1 Å². The van der Waals surface area contributed by atoms with Gasteiger partial charge in [0.05, 0.1) is 18.8 Å². The molecule has 3 nitrogen and oxygen atoms in total. The van der Waals surface area contributed by atoms with Crippen molar-refractivity contribution in [2.24, 2.45) is 0 Å². The molecule has 3 rings (SSSR count). The van der Waals surface area contributed by atoms with Crippen LogP contribution >= 0.6 is 35.0 Å². The van der Waals surface area contributed by atoms with E-state index in [4.69, 9.17) is 27.9 Å². The monoisotopic (exact) mass is 378 g/mol. The first-order chi connectivity index (χ1) is 11.7. The molecule has 0 saturated carbocycles. The Morgan fingerprint density at radius 1 is 1.12 bits per heavy atom. The van der Waals surface area contributed by atoms with Crippen LogP contribution in [0.2, 0.25) is 10.0 Å². The second-order valence-electron chi connectivity index (χ2n) is 5.16. The molecule has 2 aromatic carbocycles. The Morgan fingerprint density at radius 3 is 2.67 bits per heavy atom. The van der Waals surface area contributed by atoms with Crippen molar-refractivity contribution in [3.63, 3.8) is 0 Å². The molecule has 1 atom stereocenters. The molecule has 1 heterocycles. The summed E-state index contributed by atoms with van der Waals surface area (Å²) in [7, 11) is 0. The number of benzene rings is 2. The number of rotatable bonds is 7. The van der Waals surface area contributed by atoms with Gasteiger partial charge in [-0.2, -0.15) is 0 Å². The molecule has 0 radical (unpaired) electrons. The van der Waals surface area contributed by atoms with E-state index < -0.39 is 0 Å². The Morgan fingerprint density at radius 2 is 1.96 bits per heavy atom. The van der Waals surface area contributed by atoms with Crippen molar-refractivity contribution in [1.29, 1.82) is 0 Å². The van der Waals surface area contributed by atoms with Gasteiger partial charge in [-0.25, -0.2) is 4.98 Å². The van der Waals surface area contributed by atoms with Gasteiger partial charge in [0.2, 0.25) is 0 Å². The van der Waals surface area contributed by atoms with Gasteiger partial charge in [0.1, 0.15) is 6.10 Å². The van der Waals surface area contributed by atoms with E-state index in [2.05, 4.69) is 17.1 Å². The molecule has 0 aliphatic heterocycles. The molecule has 0 aliphatic rings. The number of aromatic nitrogens is 2. The summed E-state index contributed by atoms with van der Waals surface area (Å²) in [6.45, 7) is 0.636. The molecule has 124 valence electrons. The molecule has 0 N–H and O–H groups in total. The largest absolute Gasteiger partial charge is 0.361 e.